The topological polar surface area (TPSA) is 63.5 Å². The molecular formula is C23H25F3N2O3. The van der Waals surface area contributed by atoms with E-state index >= 15 is 0 Å². The minimum Gasteiger partial charge on any atom is -0.489 e. The maximum absolute atomic E-state index is 14.3. The number of halogens is 3. The predicted octanol–water partition coefficient (Wildman–Crippen LogP) is 4.82. The van der Waals surface area contributed by atoms with Crippen molar-refractivity contribution < 1.29 is 27.1 Å². The molecule has 0 spiro atoms. The molecule has 3 rings (SSSR count). The number of amides is 1. The van der Waals surface area contributed by atoms with Crippen molar-refractivity contribution in [1.29, 1.82) is 0 Å². The van der Waals surface area contributed by atoms with Crippen LogP contribution >= 0.6 is 0 Å². The summed E-state index contributed by atoms with van der Waals surface area (Å²) in [6, 6.07) is 9.79. The lowest BCUT2D eigenvalue weighted by Gasteiger charge is -2.26. The summed E-state index contributed by atoms with van der Waals surface area (Å²) in [6.45, 7) is 2.64. The van der Waals surface area contributed by atoms with Gasteiger partial charge in [-0.3, -0.25) is 4.79 Å². The summed E-state index contributed by atoms with van der Waals surface area (Å²) in [5.74, 6) is -3.43. The Labute approximate surface area is 178 Å². The summed E-state index contributed by atoms with van der Waals surface area (Å²) in [6.07, 6.45) is 0.0618. The third-order valence-electron chi connectivity index (χ3n) is 5.05. The second-order valence-electron chi connectivity index (χ2n) is 7.30. The minimum absolute atomic E-state index is 0.00466. The average molecular weight is 434 g/mol. The second-order valence-corrected chi connectivity index (χ2v) is 7.30. The highest BCUT2D eigenvalue weighted by Gasteiger charge is 2.39. The molecule has 8 heteroatoms. The van der Waals surface area contributed by atoms with Gasteiger partial charge in [0.25, 0.3) is 11.8 Å². The number of hydrogen-bond acceptors (Lipinski definition) is 4. The number of hydrogen-bond donors (Lipinski definition) is 2. The van der Waals surface area contributed by atoms with Gasteiger partial charge in [-0.05, 0) is 44.7 Å². The van der Waals surface area contributed by atoms with E-state index in [9.17, 15) is 18.0 Å². The Kier molecular flexibility index (Phi) is 6.90. The van der Waals surface area contributed by atoms with Crippen molar-refractivity contribution in [3.8, 4) is 5.75 Å². The van der Waals surface area contributed by atoms with Crippen molar-refractivity contribution in [2.24, 2.45) is 0 Å². The molecule has 0 fully saturated rings. The summed E-state index contributed by atoms with van der Waals surface area (Å²) in [5.41, 5.74) is 0.988. The standard InChI is InChI=1S/C23H25F3N2O3/c1-4-20(23(25,26)13-27-3)28-22(29)21-14(2)31-19-10-9-16(11-17(19)21)30-12-15-7-5-6-8-18(15)24/h5-11,20,27H,4,12-13H2,1-3H3,(H,28,29). The molecular weight excluding hydrogens is 409 g/mol. The molecule has 0 saturated carbocycles. The molecule has 0 aliphatic rings. The van der Waals surface area contributed by atoms with Gasteiger partial charge in [-0.15, -0.1) is 0 Å². The van der Waals surface area contributed by atoms with Gasteiger partial charge in [-0.2, -0.15) is 0 Å². The highest BCUT2D eigenvalue weighted by atomic mass is 19.3. The molecule has 1 unspecified atom stereocenters. The number of ether oxygens (including phenoxy) is 1. The first-order valence-corrected chi connectivity index (χ1v) is 9.99. The Morgan fingerprint density at radius 1 is 1.23 bits per heavy atom. The molecule has 0 bridgehead atoms. The number of furan rings is 1. The highest BCUT2D eigenvalue weighted by Crippen LogP contribution is 2.30. The first kappa shape index (κ1) is 22.7. The van der Waals surface area contributed by atoms with E-state index < -0.39 is 24.4 Å². The lowest BCUT2D eigenvalue weighted by atomic mass is 10.0. The summed E-state index contributed by atoms with van der Waals surface area (Å²) in [5, 5.41) is 5.32. The molecule has 31 heavy (non-hydrogen) atoms. The van der Waals surface area contributed by atoms with Gasteiger partial charge in [0.05, 0.1) is 18.2 Å². The first-order chi connectivity index (χ1) is 14.8. The van der Waals surface area contributed by atoms with E-state index in [1.807, 2.05) is 0 Å². The van der Waals surface area contributed by atoms with Crippen LogP contribution in [0.4, 0.5) is 13.2 Å². The van der Waals surface area contributed by atoms with Gasteiger partial charge < -0.3 is 19.8 Å². The first-order valence-electron chi connectivity index (χ1n) is 9.99. The molecule has 2 N–H and O–H groups in total. The SMILES string of the molecule is CCC(NC(=O)c1c(C)oc2ccc(OCc3ccccc3F)cc12)C(F)(F)CNC. The molecule has 1 atom stereocenters. The van der Waals surface area contributed by atoms with E-state index in [1.165, 1.54) is 13.1 Å². The third kappa shape index (κ3) is 5.02. The van der Waals surface area contributed by atoms with Gasteiger partial charge in [-0.1, -0.05) is 25.1 Å². The average Bonchev–Trinajstić information content (AvgIpc) is 3.06. The van der Waals surface area contributed by atoms with Crippen molar-refractivity contribution in [2.45, 2.75) is 38.8 Å². The molecule has 1 amide bonds. The maximum Gasteiger partial charge on any atom is 0.279 e. The molecule has 0 saturated heterocycles. The Balaban J connectivity index is 1.85. The molecule has 1 aromatic heterocycles. The van der Waals surface area contributed by atoms with E-state index in [0.29, 0.717) is 28.0 Å². The molecule has 3 aromatic rings. The largest absolute Gasteiger partial charge is 0.489 e. The number of rotatable bonds is 9. The Morgan fingerprint density at radius 3 is 2.65 bits per heavy atom. The molecule has 2 aromatic carbocycles. The number of alkyl halides is 2. The Hall–Kier alpha value is -3.00. The van der Waals surface area contributed by atoms with Crippen LogP contribution in [-0.4, -0.2) is 31.5 Å². The fourth-order valence-corrected chi connectivity index (χ4v) is 3.44. The fourth-order valence-electron chi connectivity index (χ4n) is 3.44. The lowest BCUT2D eigenvalue weighted by molar-refractivity contribution is -0.0331. The normalized spacial score (nSPS) is 12.7. The van der Waals surface area contributed by atoms with E-state index in [2.05, 4.69) is 10.6 Å². The quantitative estimate of drug-likeness (QED) is 0.507. The Bertz CT molecular complexity index is 1070. The van der Waals surface area contributed by atoms with Crippen LogP contribution in [0.1, 0.15) is 35.0 Å². The summed E-state index contributed by atoms with van der Waals surface area (Å²) < 4.78 is 53.7. The summed E-state index contributed by atoms with van der Waals surface area (Å²) in [7, 11) is 1.43. The molecule has 0 radical (unpaired) electrons. The van der Waals surface area contributed by atoms with Gasteiger partial charge in [0.1, 0.15) is 29.5 Å². The van der Waals surface area contributed by atoms with Crippen LogP contribution in [0.3, 0.4) is 0 Å². The number of nitrogens with one attached hydrogen (secondary N) is 2. The van der Waals surface area contributed by atoms with Crippen LogP contribution in [0.15, 0.2) is 46.9 Å². The molecule has 5 nitrogen and oxygen atoms in total. The molecule has 0 aliphatic carbocycles. The van der Waals surface area contributed by atoms with Crippen LogP contribution < -0.4 is 15.4 Å². The minimum atomic E-state index is -3.11. The van der Waals surface area contributed by atoms with E-state index in [-0.39, 0.29) is 24.4 Å². The van der Waals surface area contributed by atoms with E-state index in [4.69, 9.17) is 9.15 Å². The van der Waals surface area contributed by atoms with Crippen LogP contribution in [-0.2, 0) is 6.61 Å². The summed E-state index contributed by atoms with van der Waals surface area (Å²) >= 11 is 0. The van der Waals surface area contributed by atoms with Gasteiger partial charge in [0, 0.05) is 10.9 Å². The summed E-state index contributed by atoms with van der Waals surface area (Å²) in [4.78, 5) is 12.9. The van der Waals surface area contributed by atoms with Gasteiger partial charge in [-0.25, -0.2) is 13.2 Å². The van der Waals surface area contributed by atoms with Crippen LogP contribution in [0.25, 0.3) is 11.0 Å². The monoisotopic (exact) mass is 434 g/mol. The maximum atomic E-state index is 14.3. The highest BCUT2D eigenvalue weighted by molar-refractivity contribution is 6.07. The molecule has 0 aliphatic heterocycles. The Morgan fingerprint density at radius 2 is 1.97 bits per heavy atom. The van der Waals surface area contributed by atoms with Crippen molar-refractivity contribution in [1.82, 2.24) is 10.6 Å². The molecule has 166 valence electrons. The lowest BCUT2D eigenvalue weighted by Crippen LogP contribution is -2.51. The molecule has 1 heterocycles. The third-order valence-corrected chi connectivity index (χ3v) is 5.05. The smallest absolute Gasteiger partial charge is 0.279 e. The number of fused-ring (bicyclic) bond motifs is 1. The van der Waals surface area contributed by atoms with Gasteiger partial charge in [0.15, 0.2) is 0 Å². The van der Waals surface area contributed by atoms with Crippen LogP contribution in [0.5, 0.6) is 5.75 Å². The second kappa shape index (κ2) is 9.43. The fraction of sp³-hybridized carbons (Fsp3) is 0.348. The van der Waals surface area contributed by atoms with Crippen molar-refractivity contribution >= 4 is 16.9 Å². The van der Waals surface area contributed by atoms with Crippen LogP contribution in [0, 0.1) is 12.7 Å². The zero-order valence-corrected chi connectivity index (χ0v) is 17.6. The number of aryl methyl sites for hydroxylation is 1. The number of carbonyl (C=O) groups excluding carboxylic acids is 1. The van der Waals surface area contributed by atoms with E-state index in [0.717, 1.165) is 0 Å². The zero-order valence-electron chi connectivity index (χ0n) is 17.6. The van der Waals surface area contributed by atoms with Gasteiger partial charge >= 0.3 is 0 Å². The van der Waals surface area contributed by atoms with Crippen LogP contribution in [0.2, 0.25) is 0 Å². The predicted molar refractivity (Wildman–Crippen MR) is 112 cm³/mol. The van der Waals surface area contributed by atoms with Crippen molar-refractivity contribution in [3.05, 3.63) is 65.2 Å². The van der Waals surface area contributed by atoms with Gasteiger partial charge in [0.2, 0.25) is 0 Å². The van der Waals surface area contributed by atoms with Crippen molar-refractivity contribution in [2.75, 3.05) is 13.6 Å². The number of carbonyl (C=O) groups is 1. The zero-order chi connectivity index (χ0) is 22.6. The van der Waals surface area contributed by atoms with E-state index in [1.54, 1.807) is 50.2 Å². The van der Waals surface area contributed by atoms with Crippen molar-refractivity contribution in [3.63, 3.8) is 0 Å². The number of benzene rings is 2.